The minimum absolute atomic E-state index is 0.0351. The smallest absolute Gasteiger partial charge is 0.119 e. The Morgan fingerprint density at radius 2 is 1.45 bits per heavy atom. The normalized spacial score (nSPS) is 10.6. The number of aliphatic hydroxyl groups excluding tert-OH is 2. The van der Waals surface area contributed by atoms with Crippen molar-refractivity contribution in [2.24, 2.45) is 0 Å². The third kappa shape index (κ3) is 3.60. The van der Waals surface area contributed by atoms with Gasteiger partial charge in [-0.3, -0.25) is 0 Å². The van der Waals surface area contributed by atoms with Crippen LogP contribution in [0.5, 0.6) is 11.5 Å². The second-order valence-electron chi connectivity index (χ2n) is 4.94. The molecule has 2 rings (SSSR count). The number of rotatable bonds is 6. The number of phenolic OH excluding ortho intramolecular Hbond substituents is 2. The molecular formula is C16H20N2O4. The van der Waals surface area contributed by atoms with Crippen LogP contribution in [-0.2, 0) is 0 Å². The fraction of sp³-hybridized carbons (Fsp3) is 0.250. The highest BCUT2D eigenvalue weighted by Crippen LogP contribution is 2.34. The van der Waals surface area contributed by atoms with Crippen LogP contribution in [0.1, 0.15) is 0 Å². The van der Waals surface area contributed by atoms with Gasteiger partial charge in [0, 0.05) is 36.1 Å². The standard InChI is InChI=1S/C16H20N2O4/c17-16-2-1-12(18(3-5-19)4-6-20)9-15(16)11-7-13(21)10-14(22)8-11/h1-2,7-10,19-22H,3-6,17H2. The maximum absolute atomic E-state index is 9.62. The fourth-order valence-corrected chi connectivity index (χ4v) is 2.35. The lowest BCUT2D eigenvalue weighted by atomic mass is 10.0. The second kappa shape index (κ2) is 7.02. The summed E-state index contributed by atoms with van der Waals surface area (Å²) in [5, 5.41) is 37.5. The Labute approximate surface area is 128 Å². The lowest BCUT2D eigenvalue weighted by molar-refractivity contribution is 0.281. The van der Waals surface area contributed by atoms with Gasteiger partial charge in [-0.1, -0.05) is 0 Å². The first-order chi connectivity index (χ1) is 10.5. The van der Waals surface area contributed by atoms with E-state index >= 15 is 0 Å². The molecule has 2 aromatic carbocycles. The Kier molecular flexibility index (Phi) is 5.08. The van der Waals surface area contributed by atoms with Gasteiger partial charge in [-0.25, -0.2) is 0 Å². The van der Waals surface area contributed by atoms with Gasteiger partial charge in [-0.15, -0.1) is 0 Å². The van der Waals surface area contributed by atoms with Crippen LogP contribution < -0.4 is 10.6 Å². The molecule has 6 nitrogen and oxygen atoms in total. The fourth-order valence-electron chi connectivity index (χ4n) is 2.35. The van der Waals surface area contributed by atoms with E-state index in [1.54, 1.807) is 18.2 Å². The SMILES string of the molecule is Nc1ccc(N(CCO)CCO)cc1-c1cc(O)cc(O)c1. The predicted octanol–water partition coefficient (Wildman–Crippen LogP) is 1.14. The number of hydrogen-bond acceptors (Lipinski definition) is 6. The molecule has 0 aliphatic heterocycles. The molecule has 22 heavy (non-hydrogen) atoms. The summed E-state index contributed by atoms with van der Waals surface area (Å²) >= 11 is 0. The van der Waals surface area contributed by atoms with Gasteiger partial charge in [0.15, 0.2) is 0 Å². The molecular weight excluding hydrogens is 284 g/mol. The maximum Gasteiger partial charge on any atom is 0.119 e. The van der Waals surface area contributed by atoms with E-state index in [2.05, 4.69) is 0 Å². The van der Waals surface area contributed by atoms with Crippen molar-refractivity contribution in [1.82, 2.24) is 0 Å². The number of aromatic hydroxyl groups is 2. The Balaban J connectivity index is 2.45. The molecule has 6 heteroatoms. The minimum atomic E-state index is -0.0534. The van der Waals surface area contributed by atoms with E-state index in [0.717, 1.165) is 5.69 Å². The van der Waals surface area contributed by atoms with Crippen LogP contribution in [0.3, 0.4) is 0 Å². The number of nitrogens with zero attached hydrogens (tertiary/aromatic N) is 1. The molecule has 0 aliphatic rings. The molecule has 118 valence electrons. The number of anilines is 2. The van der Waals surface area contributed by atoms with Gasteiger partial charge >= 0.3 is 0 Å². The van der Waals surface area contributed by atoms with Crippen LogP contribution in [0.2, 0.25) is 0 Å². The number of benzene rings is 2. The zero-order valence-electron chi connectivity index (χ0n) is 12.1. The lowest BCUT2D eigenvalue weighted by Gasteiger charge is -2.24. The van der Waals surface area contributed by atoms with Crippen LogP contribution in [-0.4, -0.2) is 46.7 Å². The monoisotopic (exact) mass is 304 g/mol. The van der Waals surface area contributed by atoms with Crippen molar-refractivity contribution in [3.63, 3.8) is 0 Å². The van der Waals surface area contributed by atoms with E-state index < -0.39 is 0 Å². The van der Waals surface area contributed by atoms with Crippen LogP contribution in [0, 0.1) is 0 Å². The highest BCUT2D eigenvalue weighted by Gasteiger charge is 2.11. The van der Waals surface area contributed by atoms with E-state index in [0.29, 0.717) is 29.9 Å². The average Bonchev–Trinajstić information content (AvgIpc) is 2.46. The number of aliphatic hydroxyl groups is 2. The highest BCUT2D eigenvalue weighted by molar-refractivity contribution is 5.81. The number of hydrogen-bond donors (Lipinski definition) is 5. The van der Waals surface area contributed by atoms with E-state index in [-0.39, 0.29) is 24.7 Å². The Morgan fingerprint density at radius 1 is 0.864 bits per heavy atom. The molecule has 0 aromatic heterocycles. The molecule has 0 spiro atoms. The topological polar surface area (TPSA) is 110 Å². The summed E-state index contributed by atoms with van der Waals surface area (Å²) in [6.45, 7) is 0.698. The summed E-state index contributed by atoms with van der Waals surface area (Å²) in [5.74, 6) is -0.107. The Hall–Kier alpha value is -2.44. The first-order valence-corrected chi connectivity index (χ1v) is 6.94. The molecule has 0 radical (unpaired) electrons. The van der Waals surface area contributed by atoms with Gasteiger partial charge in [-0.2, -0.15) is 0 Å². The molecule has 0 fully saturated rings. The zero-order valence-corrected chi connectivity index (χ0v) is 12.1. The minimum Gasteiger partial charge on any atom is -0.508 e. The molecule has 0 heterocycles. The zero-order chi connectivity index (χ0) is 16.1. The molecule has 0 unspecified atom stereocenters. The molecule has 0 saturated carbocycles. The summed E-state index contributed by atoms with van der Waals surface area (Å²) < 4.78 is 0. The number of nitrogen functional groups attached to an aromatic ring is 1. The van der Waals surface area contributed by atoms with E-state index in [4.69, 9.17) is 15.9 Å². The van der Waals surface area contributed by atoms with Crippen LogP contribution in [0.25, 0.3) is 11.1 Å². The lowest BCUT2D eigenvalue weighted by Crippen LogP contribution is -2.29. The van der Waals surface area contributed by atoms with Crippen molar-refractivity contribution in [3.8, 4) is 22.6 Å². The molecule has 0 atom stereocenters. The van der Waals surface area contributed by atoms with Crippen molar-refractivity contribution >= 4 is 11.4 Å². The first-order valence-electron chi connectivity index (χ1n) is 6.94. The summed E-state index contributed by atoms with van der Waals surface area (Å²) in [5.41, 5.74) is 8.52. The van der Waals surface area contributed by atoms with Crippen molar-refractivity contribution in [2.75, 3.05) is 36.9 Å². The Bertz CT molecular complexity index is 620. The largest absolute Gasteiger partial charge is 0.508 e. The summed E-state index contributed by atoms with van der Waals surface area (Å²) in [6, 6.07) is 9.58. The van der Waals surface area contributed by atoms with Crippen molar-refractivity contribution in [3.05, 3.63) is 36.4 Å². The third-order valence-electron chi connectivity index (χ3n) is 3.36. The van der Waals surface area contributed by atoms with Gasteiger partial charge in [0.05, 0.1) is 13.2 Å². The maximum atomic E-state index is 9.62. The Morgan fingerprint density at radius 3 is 2.00 bits per heavy atom. The summed E-state index contributed by atoms with van der Waals surface area (Å²) in [4.78, 5) is 1.82. The molecule has 0 saturated heterocycles. The van der Waals surface area contributed by atoms with E-state index in [9.17, 15) is 10.2 Å². The number of nitrogens with two attached hydrogens (primary N) is 1. The van der Waals surface area contributed by atoms with E-state index in [1.807, 2.05) is 4.90 Å². The molecule has 2 aromatic rings. The molecule has 0 bridgehead atoms. The van der Waals surface area contributed by atoms with Gasteiger partial charge in [0.25, 0.3) is 0 Å². The van der Waals surface area contributed by atoms with Crippen molar-refractivity contribution in [2.45, 2.75) is 0 Å². The molecule has 0 aliphatic carbocycles. The highest BCUT2D eigenvalue weighted by atomic mass is 16.3. The number of phenols is 2. The quantitative estimate of drug-likeness (QED) is 0.512. The summed E-state index contributed by atoms with van der Waals surface area (Å²) in [7, 11) is 0. The van der Waals surface area contributed by atoms with Gasteiger partial charge in [0.2, 0.25) is 0 Å². The van der Waals surface area contributed by atoms with Crippen LogP contribution in [0.4, 0.5) is 11.4 Å². The second-order valence-corrected chi connectivity index (χ2v) is 4.94. The summed E-state index contributed by atoms with van der Waals surface area (Å²) in [6.07, 6.45) is 0. The van der Waals surface area contributed by atoms with Crippen molar-refractivity contribution < 1.29 is 20.4 Å². The van der Waals surface area contributed by atoms with Gasteiger partial charge in [-0.05, 0) is 35.9 Å². The van der Waals surface area contributed by atoms with E-state index in [1.165, 1.54) is 18.2 Å². The molecule has 6 N–H and O–H groups in total. The average molecular weight is 304 g/mol. The first kappa shape index (κ1) is 15.9. The molecule has 0 amide bonds. The van der Waals surface area contributed by atoms with Crippen LogP contribution in [0.15, 0.2) is 36.4 Å². The van der Waals surface area contributed by atoms with Gasteiger partial charge < -0.3 is 31.1 Å². The van der Waals surface area contributed by atoms with Crippen molar-refractivity contribution in [1.29, 1.82) is 0 Å². The van der Waals surface area contributed by atoms with Crippen LogP contribution >= 0.6 is 0 Å². The third-order valence-corrected chi connectivity index (χ3v) is 3.36. The van der Waals surface area contributed by atoms with Gasteiger partial charge in [0.1, 0.15) is 11.5 Å². The predicted molar refractivity (Wildman–Crippen MR) is 86.0 cm³/mol.